The SMILES string of the molecule is CNC(=O)CN1CCC(c2ccc3[nH]c(-c4cn(C)c(=O)c5c4CCC5)c(C(C)C)c3c2)CC1. The number of pyridine rings is 1. The van der Waals surface area contributed by atoms with E-state index in [4.69, 9.17) is 0 Å². The first kappa shape index (κ1) is 22.9. The Labute approximate surface area is 201 Å². The Morgan fingerprint density at radius 2 is 1.91 bits per heavy atom. The highest BCUT2D eigenvalue weighted by Crippen LogP contribution is 2.40. The summed E-state index contributed by atoms with van der Waals surface area (Å²) in [6, 6.07) is 6.90. The van der Waals surface area contributed by atoms with Gasteiger partial charge < -0.3 is 14.9 Å². The fraction of sp³-hybridized carbons (Fsp3) is 0.500. The van der Waals surface area contributed by atoms with E-state index in [1.165, 1.54) is 38.9 Å². The Morgan fingerprint density at radius 3 is 2.62 bits per heavy atom. The Hall–Kier alpha value is -2.86. The minimum absolute atomic E-state index is 0.0891. The van der Waals surface area contributed by atoms with E-state index >= 15 is 0 Å². The van der Waals surface area contributed by atoms with Gasteiger partial charge >= 0.3 is 0 Å². The van der Waals surface area contributed by atoms with Crippen LogP contribution in [0.25, 0.3) is 22.2 Å². The van der Waals surface area contributed by atoms with Crippen molar-refractivity contribution in [3.05, 3.63) is 57.0 Å². The van der Waals surface area contributed by atoms with E-state index in [9.17, 15) is 9.59 Å². The lowest BCUT2D eigenvalue weighted by molar-refractivity contribution is -0.122. The molecule has 2 aliphatic rings. The van der Waals surface area contributed by atoms with Crippen LogP contribution >= 0.6 is 0 Å². The summed E-state index contributed by atoms with van der Waals surface area (Å²) in [5.74, 6) is 0.972. The number of nitrogens with zero attached hydrogens (tertiary/aromatic N) is 2. The number of hydrogen-bond acceptors (Lipinski definition) is 3. The second-order valence-corrected chi connectivity index (χ2v) is 10.4. The summed E-state index contributed by atoms with van der Waals surface area (Å²) in [6.07, 6.45) is 7.10. The van der Waals surface area contributed by atoms with Gasteiger partial charge in [-0.1, -0.05) is 19.9 Å². The van der Waals surface area contributed by atoms with Gasteiger partial charge in [-0.15, -0.1) is 0 Å². The van der Waals surface area contributed by atoms with Crippen LogP contribution in [0.4, 0.5) is 0 Å². The zero-order chi connectivity index (χ0) is 24.0. The van der Waals surface area contributed by atoms with Gasteiger partial charge in [0.25, 0.3) is 5.56 Å². The molecule has 1 saturated heterocycles. The molecule has 1 amide bonds. The Bertz CT molecular complexity index is 1290. The number of carbonyl (C=O) groups is 1. The first-order valence-corrected chi connectivity index (χ1v) is 12.7. The number of hydrogen-bond donors (Lipinski definition) is 2. The van der Waals surface area contributed by atoms with Gasteiger partial charge in [0.1, 0.15) is 0 Å². The molecule has 0 radical (unpaired) electrons. The normalized spacial score (nSPS) is 17.0. The molecule has 6 nitrogen and oxygen atoms in total. The van der Waals surface area contributed by atoms with Gasteiger partial charge in [0, 0.05) is 42.3 Å². The Morgan fingerprint density at radius 1 is 1.18 bits per heavy atom. The molecule has 1 fully saturated rings. The number of fused-ring (bicyclic) bond motifs is 2. The number of aryl methyl sites for hydroxylation is 1. The van der Waals surface area contributed by atoms with Crippen molar-refractivity contribution in [2.24, 2.45) is 7.05 Å². The van der Waals surface area contributed by atoms with Crippen LogP contribution in [0.5, 0.6) is 0 Å². The molecule has 0 bridgehead atoms. The molecule has 1 aromatic carbocycles. The summed E-state index contributed by atoms with van der Waals surface area (Å²) >= 11 is 0. The van der Waals surface area contributed by atoms with Gasteiger partial charge in [-0.3, -0.25) is 14.5 Å². The third-order valence-corrected chi connectivity index (χ3v) is 7.86. The van der Waals surface area contributed by atoms with Crippen LogP contribution < -0.4 is 10.9 Å². The number of benzene rings is 1. The number of aromatic nitrogens is 2. The van der Waals surface area contributed by atoms with Crippen LogP contribution in [0.1, 0.15) is 67.2 Å². The van der Waals surface area contributed by atoms with E-state index in [0.29, 0.717) is 18.4 Å². The Kier molecular flexibility index (Phi) is 6.11. The molecule has 34 heavy (non-hydrogen) atoms. The number of piperidine rings is 1. The lowest BCUT2D eigenvalue weighted by Crippen LogP contribution is -2.40. The Balaban J connectivity index is 1.51. The molecule has 0 atom stereocenters. The molecule has 0 saturated carbocycles. The van der Waals surface area contributed by atoms with Crippen molar-refractivity contribution in [2.45, 2.75) is 57.8 Å². The van der Waals surface area contributed by atoms with Crippen molar-refractivity contribution < 1.29 is 4.79 Å². The number of amides is 1. The highest BCUT2D eigenvalue weighted by atomic mass is 16.2. The molecular weight excluding hydrogens is 424 g/mol. The fourth-order valence-corrected chi connectivity index (χ4v) is 6.04. The van der Waals surface area contributed by atoms with Gasteiger partial charge in [-0.25, -0.2) is 0 Å². The zero-order valence-electron chi connectivity index (χ0n) is 20.8. The molecular formula is C28H36N4O2. The number of aromatic amines is 1. The largest absolute Gasteiger partial charge is 0.358 e. The van der Waals surface area contributed by atoms with E-state index in [0.717, 1.165) is 50.8 Å². The second-order valence-electron chi connectivity index (χ2n) is 10.4. The molecule has 5 rings (SSSR count). The van der Waals surface area contributed by atoms with Crippen molar-refractivity contribution in [1.82, 2.24) is 19.8 Å². The van der Waals surface area contributed by atoms with E-state index in [-0.39, 0.29) is 11.5 Å². The minimum atomic E-state index is 0.0891. The third kappa shape index (κ3) is 3.98. The molecule has 0 unspecified atom stereocenters. The zero-order valence-corrected chi connectivity index (χ0v) is 20.8. The molecule has 3 aromatic rings. The van der Waals surface area contributed by atoms with E-state index in [2.05, 4.69) is 47.2 Å². The molecule has 2 N–H and O–H groups in total. The van der Waals surface area contributed by atoms with Crippen molar-refractivity contribution in [1.29, 1.82) is 0 Å². The summed E-state index contributed by atoms with van der Waals surface area (Å²) in [5, 5.41) is 4.03. The van der Waals surface area contributed by atoms with Gasteiger partial charge in [-0.2, -0.15) is 0 Å². The van der Waals surface area contributed by atoms with Crippen LogP contribution in [0.3, 0.4) is 0 Å². The van der Waals surface area contributed by atoms with Gasteiger partial charge in [-0.05, 0) is 85.9 Å². The first-order valence-electron chi connectivity index (χ1n) is 12.7. The number of likely N-dealkylation sites (tertiary alicyclic amines) is 1. The van der Waals surface area contributed by atoms with Crippen molar-refractivity contribution >= 4 is 16.8 Å². The number of likely N-dealkylation sites (N-methyl/N-ethyl adjacent to an activating group) is 1. The van der Waals surface area contributed by atoms with Crippen LogP contribution in [0, 0.1) is 0 Å². The summed E-state index contributed by atoms with van der Waals surface area (Å²) in [6.45, 7) is 6.92. The quantitative estimate of drug-likeness (QED) is 0.603. The van der Waals surface area contributed by atoms with E-state index < -0.39 is 0 Å². The number of rotatable bonds is 5. The summed E-state index contributed by atoms with van der Waals surface area (Å²) in [4.78, 5) is 30.4. The number of carbonyl (C=O) groups excluding carboxylic acids is 1. The number of nitrogens with one attached hydrogen (secondary N) is 2. The van der Waals surface area contributed by atoms with Crippen LogP contribution in [0.15, 0.2) is 29.2 Å². The maximum Gasteiger partial charge on any atom is 0.253 e. The third-order valence-electron chi connectivity index (χ3n) is 7.86. The highest BCUT2D eigenvalue weighted by molar-refractivity contribution is 5.92. The first-order chi connectivity index (χ1) is 16.4. The molecule has 6 heteroatoms. The smallest absolute Gasteiger partial charge is 0.253 e. The monoisotopic (exact) mass is 460 g/mol. The molecule has 2 aromatic heterocycles. The van der Waals surface area contributed by atoms with E-state index in [1.807, 2.05) is 13.2 Å². The molecule has 180 valence electrons. The average molecular weight is 461 g/mol. The lowest BCUT2D eigenvalue weighted by atomic mass is 9.87. The molecule has 1 aliphatic carbocycles. The van der Waals surface area contributed by atoms with Gasteiger partial charge in [0.05, 0.1) is 12.2 Å². The molecule has 3 heterocycles. The topological polar surface area (TPSA) is 70.1 Å². The molecule has 0 spiro atoms. The average Bonchev–Trinajstić information content (AvgIpc) is 3.47. The van der Waals surface area contributed by atoms with Crippen molar-refractivity contribution in [3.63, 3.8) is 0 Å². The summed E-state index contributed by atoms with van der Waals surface area (Å²) in [7, 11) is 3.57. The molecule has 1 aliphatic heterocycles. The van der Waals surface area contributed by atoms with Crippen molar-refractivity contribution in [3.8, 4) is 11.3 Å². The predicted octanol–water partition coefficient (Wildman–Crippen LogP) is 4.07. The van der Waals surface area contributed by atoms with Gasteiger partial charge in [0.15, 0.2) is 0 Å². The number of H-pyrrole nitrogens is 1. The predicted molar refractivity (Wildman–Crippen MR) is 138 cm³/mol. The van der Waals surface area contributed by atoms with Crippen LogP contribution in [-0.2, 0) is 24.7 Å². The highest BCUT2D eigenvalue weighted by Gasteiger charge is 2.26. The van der Waals surface area contributed by atoms with Gasteiger partial charge in [0.2, 0.25) is 5.91 Å². The maximum absolute atomic E-state index is 12.7. The standard InChI is InChI=1S/C28H36N4O2/c1-17(2)26-22-14-19(18-10-12-32(13-11-18)16-25(33)29-3)8-9-24(22)30-27(26)23-15-31(4)28(34)21-7-5-6-20(21)23/h8-9,14-15,17-18,30H,5-7,10-13,16H2,1-4H3,(H,29,33). The van der Waals surface area contributed by atoms with Crippen LogP contribution in [-0.4, -0.2) is 47.0 Å². The van der Waals surface area contributed by atoms with E-state index in [1.54, 1.807) is 11.6 Å². The summed E-state index contributed by atoms with van der Waals surface area (Å²) < 4.78 is 1.76. The van der Waals surface area contributed by atoms with Crippen LogP contribution in [0.2, 0.25) is 0 Å². The van der Waals surface area contributed by atoms with Crippen molar-refractivity contribution in [2.75, 3.05) is 26.7 Å². The summed E-state index contributed by atoms with van der Waals surface area (Å²) in [5.41, 5.74) is 8.67. The maximum atomic E-state index is 12.7. The fourth-order valence-electron chi connectivity index (χ4n) is 6.04. The minimum Gasteiger partial charge on any atom is -0.358 e. The second kappa shape index (κ2) is 9.06. The lowest BCUT2D eigenvalue weighted by Gasteiger charge is -2.31.